The summed E-state index contributed by atoms with van der Waals surface area (Å²) in [4.78, 5) is 22.7. The Bertz CT molecular complexity index is 288. The van der Waals surface area contributed by atoms with Gasteiger partial charge in [-0.05, 0) is 19.3 Å². The summed E-state index contributed by atoms with van der Waals surface area (Å²) in [5, 5.41) is 2.90. The fourth-order valence-corrected chi connectivity index (χ4v) is 2.50. The van der Waals surface area contributed by atoms with Gasteiger partial charge in [-0.25, -0.2) is 9.78 Å². The van der Waals surface area contributed by atoms with Gasteiger partial charge < -0.3 is 10.1 Å². The maximum atomic E-state index is 11.7. The highest BCUT2D eigenvalue weighted by Gasteiger charge is 2.38. The lowest BCUT2D eigenvalue weighted by Crippen LogP contribution is -2.43. The first-order valence-corrected chi connectivity index (χ1v) is 8.32. The third-order valence-corrected chi connectivity index (χ3v) is 3.98. The normalized spacial score (nSPS) is 25.8. The zero-order valence-electron chi connectivity index (χ0n) is 13.8. The van der Waals surface area contributed by atoms with Gasteiger partial charge >= 0.3 is 0 Å². The molecule has 1 aliphatic heterocycles. The predicted molar refractivity (Wildman–Crippen MR) is 81.6 cm³/mol. The molecule has 0 aromatic heterocycles. The number of hydrogen-bond donors (Lipinski definition) is 1. The summed E-state index contributed by atoms with van der Waals surface area (Å²) in [6.07, 6.45) is 8.09. The lowest BCUT2D eigenvalue weighted by molar-refractivity contribution is -0.465. The Kier molecular flexibility index (Phi) is 8.88. The van der Waals surface area contributed by atoms with Crippen molar-refractivity contribution in [2.24, 2.45) is 0 Å². The van der Waals surface area contributed by atoms with Gasteiger partial charge in [-0.3, -0.25) is 4.79 Å². The minimum Gasteiger partial charge on any atom is -0.356 e. The van der Waals surface area contributed by atoms with Crippen molar-refractivity contribution in [1.82, 2.24) is 5.32 Å². The Balaban J connectivity index is 2.27. The van der Waals surface area contributed by atoms with Crippen LogP contribution >= 0.6 is 0 Å². The minimum absolute atomic E-state index is 0.0351. The smallest absolute Gasteiger partial charge is 0.222 e. The number of carbonyl (C=O) groups is 1. The van der Waals surface area contributed by atoms with Crippen molar-refractivity contribution in [2.45, 2.75) is 83.5 Å². The zero-order chi connectivity index (χ0) is 15.6. The number of unbranched alkanes of at least 4 members (excludes halogenated alkanes) is 3. The molecule has 5 heteroatoms. The topological polar surface area (TPSA) is 56.8 Å². The van der Waals surface area contributed by atoms with Gasteiger partial charge in [0.2, 0.25) is 11.7 Å². The van der Waals surface area contributed by atoms with Crippen LogP contribution in [0.1, 0.15) is 71.6 Å². The summed E-state index contributed by atoms with van der Waals surface area (Å²) in [7, 11) is 1.66. The molecule has 1 saturated heterocycles. The quantitative estimate of drug-likeness (QED) is 0.497. The first-order chi connectivity index (χ1) is 10.2. The van der Waals surface area contributed by atoms with Crippen LogP contribution in [-0.2, 0) is 19.3 Å². The first-order valence-electron chi connectivity index (χ1n) is 8.32. The predicted octanol–water partition coefficient (Wildman–Crippen LogP) is 3.33. The summed E-state index contributed by atoms with van der Waals surface area (Å²) >= 11 is 0. The van der Waals surface area contributed by atoms with Crippen LogP contribution in [0.5, 0.6) is 0 Å². The number of methoxy groups -OCH3 is 1. The Morgan fingerprint density at radius 3 is 2.62 bits per heavy atom. The Hall–Kier alpha value is -0.650. The van der Waals surface area contributed by atoms with Crippen LogP contribution < -0.4 is 5.32 Å². The molecule has 1 rings (SSSR count). The van der Waals surface area contributed by atoms with Crippen LogP contribution in [0, 0.1) is 0 Å². The van der Waals surface area contributed by atoms with E-state index >= 15 is 0 Å². The van der Waals surface area contributed by atoms with Crippen LogP contribution in [-0.4, -0.2) is 31.5 Å². The Morgan fingerprint density at radius 1 is 1.29 bits per heavy atom. The Labute approximate surface area is 128 Å². The van der Waals surface area contributed by atoms with E-state index in [0.717, 1.165) is 51.5 Å². The van der Waals surface area contributed by atoms with Crippen molar-refractivity contribution in [1.29, 1.82) is 0 Å². The van der Waals surface area contributed by atoms with Gasteiger partial charge in [0.05, 0.1) is 6.42 Å². The number of carbonyl (C=O) groups excluding carboxylic acids is 1. The molecule has 1 heterocycles. The third-order valence-electron chi connectivity index (χ3n) is 3.98. The molecule has 0 aromatic rings. The van der Waals surface area contributed by atoms with Crippen LogP contribution in [0.15, 0.2) is 0 Å². The number of hydrogen-bond acceptors (Lipinski definition) is 4. The average molecular weight is 301 g/mol. The summed E-state index contributed by atoms with van der Waals surface area (Å²) < 4.78 is 5.51. The molecule has 0 radical (unpaired) electrons. The van der Waals surface area contributed by atoms with Crippen molar-refractivity contribution in [3.63, 3.8) is 0 Å². The molecule has 1 N–H and O–H groups in total. The summed E-state index contributed by atoms with van der Waals surface area (Å²) in [6, 6.07) is 0. The van der Waals surface area contributed by atoms with E-state index in [1.807, 2.05) is 0 Å². The zero-order valence-corrected chi connectivity index (χ0v) is 13.8. The number of ether oxygens (including phenoxy) is 1. The summed E-state index contributed by atoms with van der Waals surface area (Å²) in [6.45, 7) is 5.01. The molecule has 124 valence electrons. The fourth-order valence-electron chi connectivity index (χ4n) is 2.50. The van der Waals surface area contributed by atoms with Crippen LogP contribution in [0.3, 0.4) is 0 Å². The van der Waals surface area contributed by atoms with Crippen LogP contribution in [0.2, 0.25) is 0 Å². The van der Waals surface area contributed by atoms with E-state index in [-0.39, 0.29) is 12.0 Å². The van der Waals surface area contributed by atoms with E-state index in [2.05, 4.69) is 19.2 Å². The van der Waals surface area contributed by atoms with Crippen molar-refractivity contribution >= 4 is 5.91 Å². The second-order valence-electron chi connectivity index (χ2n) is 5.82. The summed E-state index contributed by atoms with van der Waals surface area (Å²) in [5.41, 5.74) is 0. The highest BCUT2D eigenvalue weighted by molar-refractivity contribution is 5.76. The molecule has 0 spiro atoms. The third kappa shape index (κ3) is 6.76. The van der Waals surface area contributed by atoms with Gasteiger partial charge in [0.1, 0.15) is 6.10 Å². The second-order valence-corrected chi connectivity index (χ2v) is 5.82. The molecule has 0 aromatic carbocycles. The summed E-state index contributed by atoms with van der Waals surface area (Å²) in [5.74, 6) is -0.586. The average Bonchev–Trinajstić information content (AvgIpc) is 2.50. The fraction of sp³-hybridized carbons (Fsp3) is 0.938. The van der Waals surface area contributed by atoms with E-state index in [4.69, 9.17) is 14.5 Å². The molecule has 21 heavy (non-hydrogen) atoms. The van der Waals surface area contributed by atoms with Crippen LogP contribution in [0.4, 0.5) is 0 Å². The molecule has 1 aliphatic rings. The number of nitrogens with one attached hydrogen (secondary N) is 1. The first kappa shape index (κ1) is 18.4. The lowest BCUT2D eigenvalue weighted by atomic mass is 9.98. The maximum Gasteiger partial charge on any atom is 0.222 e. The molecule has 1 fully saturated rings. The number of amides is 1. The molecular weight excluding hydrogens is 270 g/mol. The van der Waals surface area contributed by atoms with Gasteiger partial charge in [0.15, 0.2) is 0 Å². The highest BCUT2D eigenvalue weighted by atomic mass is 17.2. The van der Waals surface area contributed by atoms with Gasteiger partial charge in [-0.15, -0.1) is 0 Å². The Morgan fingerprint density at radius 2 is 2.05 bits per heavy atom. The molecule has 0 aliphatic carbocycles. The van der Waals surface area contributed by atoms with Crippen molar-refractivity contribution in [3.8, 4) is 0 Å². The molecule has 2 unspecified atom stereocenters. The van der Waals surface area contributed by atoms with Crippen LogP contribution in [0.25, 0.3) is 0 Å². The molecule has 1 amide bonds. The van der Waals surface area contributed by atoms with Gasteiger partial charge in [-0.2, -0.15) is 0 Å². The minimum atomic E-state index is -0.621. The van der Waals surface area contributed by atoms with Crippen molar-refractivity contribution < 1.29 is 19.3 Å². The number of rotatable bonds is 10. The van der Waals surface area contributed by atoms with Gasteiger partial charge in [0.25, 0.3) is 0 Å². The van der Waals surface area contributed by atoms with E-state index < -0.39 is 5.79 Å². The molecule has 5 nitrogen and oxygen atoms in total. The SMILES string of the molecule is CCCCCC1(OC)CCC(CC(=O)NCCCC)OO1. The van der Waals surface area contributed by atoms with E-state index in [1.165, 1.54) is 6.42 Å². The van der Waals surface area contributed by atoms with E-state index in [1.54, 1.807) is 7.11 Å². The molecular formula is C16H31NO4. The molecule has 2 atom stereocenters. The molecule has 0 saturated carbocycles. The van der Waals surface area contributed by atoms with E-state index in [0.29, 0.717) is 6.42 Å². The van der Waals surface area contributed by atoms with Crippen molar-refractivity contribution in [3.05, 3.63) is 0 Å². The molecule has 0 bridgehead atoms. The maximum absolute atomic E-state index is 11.7. The second kappa shape index (κ2) is 10.1. The van der Waals surface area contributed by atoms with Crippen molar-refractivity contribution in [2.75, 3.05) is 13.7 Å². The van der Waals surface area contributed by atoms with Gasteiger partial charge in [0, 0.05) is 26.5 Å². The van der Waals surface area contributed by atoms with Gasteiger partial charge in [-0.1, -0.05) is 33.1 Å². The monoisotopic (exact) mass is 301 g/mol. The highest BCUT2D eigenvalue weighted by Crippen LogP contribution is 2.33. The lowest BCUT2D eigenvalue weighted by Gasteiger charge is -2.37. The standard InChI is InChI=1S/C16H31NO4/c1-4-6-8-10-16(19-3)11-9-14(20-21-16)13-15(18)17-12-7-5-2/h14H,4-13H2,1-3H3,(H,17,18). The largest absolute Gasteiger partial charge is 0.356 e. The van der Waals surface area contributed by atoms with E-state index in [9.17, 15) is 4.79 Å².